The summed E-state index contributed by atoms with van der Waals surface area (Å²) in [7, 11) is 1.83. The van der Waals surface area contributed by atoms with Crippen LogP contribution in [0.4, 0.5) is 5.69 Å². The number of hydrogen-bond donors (Lipinski definition) is 0. The summed E-state index contributed by atoms with van der Waals surface area (Å²) in [6.45, 7) is 2.13. The summed E-state index contributed by atoms with van der Waals surface area (Å²) in [5.41, 5.74) is -0.0598. The van der Waals surface area contributed by atoms with E-state index >= 15 is 0 Å². The molecule has 8 nitrogen and oxygen atoms in total. The number of aromatic nitrogens is 3. The number of nitro benzene ring substituents is 1. The summed E-state index contributed by atoms with van der Waals surface area (Å²) in [4.78, 5) is 11.3. The standard InChI is InChI=1S/C15H14N4O4S/c1-3-22-13-9-10(6-7-11(13)19(20)21)24-15-17-16-14(18(15)2)12-5-4-8-23-12/h4-9H,3H2,1-2H3. The van der Waals surface area contributed by atoms with Gasteiger partial charge in [0, 0.05) is 24.1 Å². The second kappa shape index (κ2) is 6.75. The first kappa shape index (κ1) is 16.1. The average Bonchev–Trinajstić information content (AvgIpc) is 3.18. The van der Waals surface area contributed by atoms with Crippen LogP contribution in [0.1, 0.15) is 6.92 Å². The van der Waals surface area contributed by atoms with Crippen molar-refractivity contribution in [1.82, 2.24) is 14.8 Å². The molecule has 1 aromatic carbocycles. The van der Waals surface area contributed by atoms with Gasteiger partial charge in [0.2, 0.25) is 0 Å². The molecule has 0 spiro atoms. The van der Waals surface area contributed by atoms with E-state index in [9.17, 15) is 10.1 Å². The molecule has 3 rings (SSSR count). The molecule has 2 heterocycles. The van der Waals surface area contributed by atoms with Crippen molar-refractivity contribution < 1.29 is 14.1 Å². The van der Waals surface area contributed by atoms with E-state index < -0.39 is 4.92 Å². The molecule has 0 radical (unpaired) electrons. The zero-order valence-electron chi connectivity index (χ0n) is 13.0. The second-order valence-corrected chi connectivity index (χ2v) is 5.80. The van der Waals surface area contributed by atoms with Gasteiger partial charge in [-0.05, 0) is 36.9 Å². The number of hydrogen-bond acceptors (Lipinski definition) is 7. The minimum absolute atomic E-state index is 0.0598. The predicted molar refractivity (Wildman–Crippen MR) is 87.1 cm³/mol. The van der Waals surface area contributed by atoms with Gasteiger partial charge in [0.1, 0.15) is 0 Å². The molecule has 3 aromatic rings. The lowest BCUT2D eigenvalue weighted by molar-refractivity contribution is -0.385. The fraction of sp³-hybridized carbons (Fsp3) is 0.200. The van der Waals surface area contributed by atoms with Crippen LogP contribution in [-0.2, 0) is 7.05 Å². The summed E-state index contributed by atoms with van der Waals surface area (Å²) in [6, 6.07) is 8.30. The Morgan fingerprint density at radius 1 is 1.38 bits per heavy atom. The molecule has 0 amide bonds. The first-order valence-corrected chi connectivity index (χ1v) is 7.94. The van der Waals surface area contributed by atoms with E-state index in [-0.39, 0.29) is 11.4 Å². The number of nitro groups is 1. The Morgan fingerprint density at radius 2 is 2.21 bits per heavy atom. The molecular weight excluding hydrogens is 332 g/mol. The van der Waals surface area contributed by atoms with Gasteiger partial charge < -0.3 is 13.7 Å². The fourth-order valence-corrected chi connectivity index (χ4v) is 2.93. The van der Waals surface area contributed by atoms with Gasteiger partial charge in [-0.15, -0.1) is 10.2 Å². The lowest BCUT2D eigenvalue weighted by Crippen LogP contribution is -1.98. The van der Waals surface area contributed by atoms with Crippen molar-refractivity contribution in [1.29, 1.82) is 0 Å². The maximum Gasteiger partial charge on any atom is 0.310 e. The van der Waals surface area contributed by atoms with Gasteiger partial charge in [-0.1, -0.05) is 0 Å². The molecule has 0 N–H and O–H groups in total. The molecule has 0 saturated heterocycles. The molecule has 0 bridgehead atoms. The van der Waals surface area contributed by atoms with Crippen LogP contribution in [0, 0.1) is 10.1 Å². The topological polar surface area (TPSA) is 96.2 Å². The smallest absolute Gasteiger partial charge is 0.310 e. The highest BCUT2D eigenvalue weighted by atomic mass is 32.2. The Morgan fingerprint density at radius 3 is 2.88 bits per heavy atom. The molecule has 0 aliphatic carbocycles. The van der Waals surface area contributed by atoms with Crippen molar-refractivity contribution >= 4 is 17.4 Å². The Hall–Kier alpha value is -2.81. The number of ether oxygens (including phenoxy) is 1. The van der Waals surface area contributed by atoms with E-state index in [1.165, 1.54) is 17.8 Å². The Labute approximate surface area is 141 Å². The number of nitrogens with zero attached hydrogens (tertiary/aromatic N) is 4. The molecular formula is C15H14N4O4S. The number of furan rings is 1. The normalized spacial score (nSPS) is 10.8. The van der Waals surface area contributed by atoms with Gasteiger partial charge in [0.05, 0.1) is 17.8 Å². The van der Waals surface area contributed by atoms with E-state index in [4.69, 9.17) is 9.15 Å². The third kappa shape index (κ3) is 3.11. The summed E-state index contributed by atoms with van der Waals surface area (Å²) < 4.78 is 12.5. The van der Waals surface area contributed by atoms with Gasteiger partial charge in [-0.25, -0.2) is 0 Å². The van der Waals surface area contributed by atoms with Crippen LogP contribution < -0.4 is 4.74 Å². The van der Waals surface area contributed by atoms with E-state index in [2.05, 4.69) is 10.2 Å². The lowest BCUT2D eigenvalue weighted by Gasteiger charge is -2.07. The van der Waals surface area contributed by atoms with E-state index in [1.54, 1.807) is 42.0 Å². The van der Waals surface area contributed by atoms with Crippen molar-refractivity contribution in [3.63, 3.8) is 0 Å². The SMILES string of the molecule is CCOc1cc(Sc2nnc(-c3ccco3)n2C)ccc1[N+](=O)[O-]. The largest absolute Gasteiger partial charge is 0.487 e. The van der Waals surface area contributed by atoms with Gasteiger partial charge in [-0.2, -0.15) is 0 Å². The van der Waals surface area contributed by atoms with Crippen LogP contribution in [0.2, 0.25) is 0 Å². The summed E-state index contributed by atoms with van der Waals surface area (Å²) in [5, 5.41) is 19.9. The van der Waals surface area contributed by atoms with Gasteiger partial charge in [0.15, 0.2) is 22.5 Å². The molecule has 0 aliphatic rings. The monoisotopic (exact) mass is 346 g/mol. The van der Waals surface area contributed by atoms with E-state index in [1.807, 2.05) is 7.05 Å². The number of benzene rings is 1. The summed E-state index contributed by atoms with van der Waals surface area (Å²) in [6.07, 6.45) is 1.57. The second-order valence-electron chi connectivity index (χ2n) is 4.76. The van der Waals surface area contributed by atoms with Crippen LogP contribution >= 0.6 is 11.8 Å². The highest BCUT2D eigenvalue weighted by Gasteiger charge is 2.18. The third-order valence-electron chi connectivity index (χ3n) is 3.21. The first-order chi connectivity index (χ1) is 11.6. The molecule has 24 heavy (non-hydrogen) atoms. The fourth-order valence-electron chi connectivity index (χ4n) is 2.11. The van der Waals surface area contributed by atoms with Crippen molar-refractivity contribution in [3.8, 4) is 17.3 Å². The summed E-state index contributed by atoms with van der Waals surface area (Å²) in [5.74, 6) is 1.46. The third-order valence-corrected chi connectivity index (χ3v) is 4.24. The molecule has 2 aromatic heterocycles. The van der Waals surface area contributed by atoms with Gasteiger partial charge in [0.25, 0.3) is 0 Å². The molecule has 124 valence electrons. The van der Waals surface area contributed by atoms with Crippen LogP contribution in [0.15, 0.2) is 51.1 Å². The van der Waals surface area contributed by atoms with Crippen LogP contribution in [0.5, 0.6) is 5.75 Å². The van der Waals surface area contributed by atoms with Crippen LogP contribution in [-0.4, -0.2) is 26.3 Å². The average molecular weight is 346 g/mol. The molecule has 0 fully saturated rings. The van der Waals surface area contributed by atoms with E-state index in [0.29, 0.717) is 23.3 Å². The minimum atomic E-state index is -0.462. The zero-order chi connectivity index (χ0) is 17.1. The molecule has 0 aliphatic heterocycles. The predicted octanol–water partition coefficient (Wildman–Crippen LogP) is 3.53. The van der Waals surface area contributed by atoms with Gasteiger partial charge >= 0.3 is 5.69 Å². The summed E-state index contributed by atoms with van der Waals surface area (Å²) >= 11 is 1.34. The maximum atomic E-state index is 11.0. The molecule has 0 unspecified atom stereocenters. The highest BCUT2D eigenvalue weighted by Crippen LogP contribution is 2.35. The quantitative estimate of drug-likeness (QED) is 0.497. The van der Waals surface area contributed by atoms with E-state index in [0.717, 1.165) is 4.90 Å². The van der Waals surface area contributed by atoms with Crippen molar-refractivity contribution in [2.24, 2.45) is 7.05 Å². The van der Waals surface area contributed by atoms with Crippen LogP contribution in [0.25, 0.3) is 11.6 Å². The zero-order valence-corrected chi connectivity index (χ0v) is 13.8. The highest BCUT2D eigenvalue weighted by molar-refractivity contribution is 7.99. The van der Waals surface area contributed by atoms with Gasteiger partial charge in [-0.3, -0.25) is 10.1 Å². The minimum Gasteiger partial charge on any atom is -0.487 e. The molecule has 0 atom stereocenters. The molecule has 9 heteroatoms. The van der Waals surface area contributed by atoms with Crippen molar-refractivity contribution in [2.75, 3.05) is 6.61 Å². The first-order valence-electron chi connectivity index (χ1n) is 7.12. The Bertz CT molecular complexity index is 860. The Kier molecular flexibility index (Phi) is 4.52. The maximum absolute atomic E-state index is 11.0. The van der Waals surface area contributed by atoms with Crippen LogP contribution in [0.3, 0.4) is 0 Å². The Balaban J connectivity index is 1.89. The van der Waals surface area contributed by atoms with Crippen molar-refractivity contribution in [3.05, 3.63) is 46.7 Å². The van der Waals surface area contributed by atoms with Crippen molar-refractivity contribution in [2.45, 2.75) is 17.0 Å². The lowest BCUT2D eigenvalue weighted by atomic mass is 10.3. The molecule has 0 saturated carbocycles. The number of rotatable bonds is 6.